The Morgan fingerprint density at radius 1 is 0.361 bits per heavy atom. The molecular weight excluding hydrogens is 1540 g/mol. The molecule has 0 N–H and O–H groups in total. The Morgan fingerprint density at radius 3 is 0.742 bits per heavy atom. The first-order chi connectivity index (χ1) is 44.0. The minimum atomic E-state index is -6.13. The fraction of sp³-hybridized carbons (Fsp3) is 0.574. The molecule has 14 rings (SSSR count). The summed E-state index contributed by atoms with van der Waals surface area (Å²) in [5.74, 6) is 7.60. The van der Waals surface area contributed by atoms with Crippen molar-refractivity contribution in [1.29, 1.82) is 0 Å². The van der Waals surface area contributed by atoms with E-state index in [9.17, 15) is 105 Å². The molecule has 0 unspecified atom stereocenters. The molecule has 0 saturated heterocycles. The first-order valence-electron chi connectivity index (χ1n) is 31.7. The summed E-state index contributed by atoms with van der Waals surface area (Å²) in [7, 11) is -0.0306. The monoisotopic (exact) mass is 1610 g/mol. The molecule has 29 heteroatoms. The van der Waals surface area contributed by atoms with Crippen LogP contribution in [0.2, 0.25) is 0 Å². The van der Waals surface area contributed by atoms with E-state index in [4.69, 9.17) is 9.73 Å². The van der Waals surface area contributed by atoms with Crippen molar-refractivity contribution >= 4 is 41.8 Å². The Hall–Kier alpha value is -4.19. The van der Waals surface area contributed by atoms with Crippen LogP contribution in [-0.4, -0.2) is 41.2 Å². The van der Waals surface area contributed by atoms with E-state index in [2.05, 4.69) is 46.5 Å². The van der Waals surface area contributed by atoms with Gasteiger partial charge in [-0.15, -0.1) is 0 Å². The molecule has 4 aromatic rings. The van der Waals surface area contributed by atoms with E-state index in [1.807, 2.05) is 0 Å². The van der Waals surface area contributed by atoms with Crippen LogP contribution in [-0.2, 0) is 74.3 Å². The second-order valence-electron chi connectivity index (χ2n) is 28.9. The molecular formula is C68H68BF24IrNOP-. The SMILES string of the molecule is CC(C)(C)[C@H]1COC(CP(C23CC4CC(CC(C4)C2)C3)C23CC4CC(CC(C4)C2)C3)=N1.FC(F)(F)c1cc([B-](c2cc(C(F)(F)F)cc(C(F)(F)F)c2)(c2cc(C(F)(F)F)cc(C(F)(F)F)c2)c2cc(C(F)(F)F)cc(C(F)(F)F)c2)cc(C(F)(F)F)c1.[CH]1[CH]CC[CH][CH]CC1.[Ir]. The molecule has 9 saturated carbocycles. The molecule has 97 heavy (non-hydrogen) atoms. The van der Waals surface area contributed by atoms with E-state index in [0.717, 1.165) is 42.1 Å². The number of benzene rings is 4. The molecule has 0 amide bonds. The van der Waals surface area contributed by atoms with Gasteiger partial charge in [0.05, 0.1) is 50.5 Å². The molecule has 1 heterocycles. The molecule has 4 aromatic carbocycles. The first-order valence-corrected chi connectivity index (χ1v) is 33.2. The third-order valence-electron chi connectivity index (χ3n) is 20.9. The van der Waals surface area contributed by atoms with Crippen molar-refractivity contribution in [3.05, 3.63) is 143 Å². The maximum atomic E-state index is 14.2. The number of nitrogens with zero attached hydrogens (tertiary/aromatic N) is 1. The first kappa shape index (κ1) is 77.0. The van der Waals surface area contributed by atoms with Crippen LogP contribution in [0.5, 0.6) is 0 Å². The van der Waals surface area contributed by atoms with Crippen molar-refractivity contribution in [2.24, 2.45) is 45.9 Å². The summed E-state index contributed by atoms with van der Waals surface area (Å²) in [6.45, 7) is 7.86. The van der Waals surface area contributed by atoms with Gasteiger partial charge in [-0.3, -0.25) is 0 Å². The van der Waals surface area contributed by atoms with Crippen LogP contribution in [0.4, 0.5) is 105 Å². The van der Waals surface area contributed by atoms with Crippen LogP contribution in [0.15, 0.2) is 77.8 Å². The van der Waals surface area contributed by atoms with Crippen molar-refractivity contribution in [3.8, 4) is 0 Å². The number of rotatable bonds is 8. The van der Waals surface area contributed by atoms with Gasteiger partial charge in [-0.05, 0) is 204 Å². The number of aliphatic imine (C=N–C) groups is 1. The zero-order valence-electron chi connectivity index (χ0n) is 52.3. The molecule has 1 aliphatic heterocycles. The van der Waals surface area contributed by atoms with Crippen molar-refractivity contribution < 1.29 is 130 Å². The minimum absolute atomic E-state index is 0. The van der Waals surface area contributed by atoms with Crippen molar-refractivity contribution in [3.63, 3.8) is 0 Å². The number of hydrogen-bond donors (Lipinski definition) is 0. The minimum Gasteiger partial charge on any atom is -0.478 e. The van der Waals surface area contributed by atoms with E-state index in [0.29, 0.717) is 16.4 Å². The standard InChI is InChI=1S/C32H12BF24.C28H44NOP.C8H12.Ir/c34-25(35,36)13-1-14(26(37,38)39)6-21(5-13)33(22-7-15(27(40,41)42)2-16(8-22)28(43,44)45,23-9-17(29(46,47)48)3-18(10-23)30(49,50)51)24-11-19(31(52,53)54)4-20(12-24)32(55,56)57;1-26(2,3)24-16-30-25(29-24)17-31(27-10-18-4-19(11-27)6-20(5-18)12-27)28-13-21-7-22(14-28)9-23(8-21)15-28;1-2-4-6-8-7-5-3-1;/h1-12H;18-24H,4-17H2,1-3H3;1-2,7-8H,3-6H2;/q-1;;;/t;18?,19?,20?,21?,22?,23?,24-,27?,28?,31?;;/m.1../s1. The average molecular weight is 1610 g/mol. The fourth-order valence-corrected chi connectivity index (χ4v) is 22.6. The molecule has 5 radical (unpaired) electrons. The summed E-state index contributed by atoms with van der Waals surface area (Å²) < 4.78 is 347. The Kier molecular flexibility index (Phi) is 21.6. The largest absolute Gasteiger partial charge is 0.478 e. The Balaban J connectivity index is 0.000000226. The van der Waals surface area contributed by atoms with Gasteiger partial charge in [0.2, 0.25) is 0 Å². The summed E-state index contributed by atoms with van der Waals surface area (Å²) >= 11 is 0. The van der Waals surface area contributed by atoms with Crippen LogP contribution in [0.1, 0.15) is 168 Å². The van der Waals surface area contributed by atoms with Crippen LogP contribution in [0, 0.1) is 66.6 Å². The van der Waals surface area contributed by atoms with Crippen molar-refractivity contribution in [2.45, 2.75) is 189 Å². The van der Waals surface area contributed by atoms with Gasteiger partial charge in [0.15, 0.2) is 5.90 Å². The van der Waals surface area contributed by atoms with Gasteiger partial charge in [0, 0.05) is 26.3 Å². The third kappa shape index (κ3) is 17.0. The van der Waals surface area contributed by atoms with Gasteiger partial charge >= 0.3 is 49.4 Å². The second-order valence-corrected chi connectivity index (χ2v) is 32.0. The van der Waals surface area contributed by atoms with Crippen LogP contribution < -0.4 is 21.9 Å². The zero-order chi connectivity index (χ0) is 70.6. The normalized spacial score (nSPS) is 27.3. The summed E-state index contributed by atoms with van der Waals surface area (Å²) in [6, 6.07) is -8.44. The van der Waals surface area contributed by atoms with E-state index >= 15 is 0 Å². The van der Waals surface area contributed by atoms with Gasteiger partial charge in [-0.25, -0.2) is 4.99 Å². The van der Waals surface area contributed by atoms with E-state index < -0.39 is 195 Å². The zero-order valence-corrected chi connectivity index (χ0v) is 55.6. The summed E-state index contributed by atoms with van der Waals surface area (Å²) in [5.41, 5.74) is -30.0. The van der Waals surface area contributed by atoms with Crippen LogP contribution in [0.25, 0.3) is 0 Å². The molecule has 8 bridgehead atoms. The average Bonchev–Trinajstić information content (AvgIpc) is 1.17. The van der Waals surface area contributed by atoms with Crippen LogP contribution in [0.3, 0.4) is 0 Å². The summed E-state index contributed by atoms with van der Waals surface area (Å²) in [4.78, 5) is 5.26. The molecule has 9 fully saturated rings. The predicted molar refractivity (Wildman–Crippen MR) is 316 cm³/mol. The predicted octanol–water partition coefficient (Wildman–Crippen LogP) is 20.8. The van der Waals surface area contributed by atoms with Gasteiger partial charge in [-0.1, -0.05) is 77.2 Å². The van der Waals surface area contributed by atoms with E-state index in [-0.39, 0.29) is 33.4 Å². The summed E-state index contributed by atoms with van der Waals surface area (Å²) in [5, 5.41) is 1.39. The van der Waals surface area contributed by atoms with Crippen LogP contribution >= 0.6 is 7.92 Å². The number of hydrogen-bond acceptors (Lipinski definition) is 2. The van der Waals surface area contributed by atoms with Gasteiger partial charge in [0.25, 0.3) is 0 Å². The molecule has 10 aliphatic rings. The van der Waals surface area contributed by atoms with Crippen molar-refractivity contribution in [2.75, 3.05) is 12.8 Å². The molecule has 1 atom stereocenters. The Morgan fingerprint density at radius 2 is 0.567 bits per heavy atom. The maximum absolute atomic E-state index is 14.2. The van der Waals surface area contributed by atoms with Gasteiger partial charge < -0.3 is 4.74 Å². The summed E-state index contributed by atoms with van der Waals surface area (Å²) in [6.07, 6.45) is -20.6. The van der Waals surface area contributed by atoms with E-state index in [1.54, 1.807) is 77.0 Å². The van der Waals surface area contributed by atoms with Crippen molar-refractivity contribution in [1.82, 2.24) is 0 Å². The molecule has 0 spiro atoms. The fourth-order valence-electron chi connectivity index (χ4n) is 17.6. The van der Waals surface area contributed by atoms with Gasteiger partial charge in [0.1, 0.15) is 12.8 Å². The van der Waals surface area contributed by atoms with Gasteiger partial charge in [-0.2, -0.15) is 127 Å². The number of alkyl halides is 24. The maximum Gasteiger partial charge on any atom is 0.416 e. The topological polar surface area (TPSA) is 21.6 Å². The Labute approximate surface area is 560 Å². The number of ether oxygens (including phenoxy) is 1. The Bertz CT molecular complexity index is 2900. The molecule has 9 aliphatic carbocycles. The third-order valence-corrected chi connectivity index (χ3v) is 24.9. The smallest absolute Gasteiger partial charge is 0.416 e. The van der Waals surface area contributed by atoms with E-state index in [1.165, 1.54) is 37.7 Å². The molecule has 2 nitrogen and oxygen atoms in total. The number of halogens is 24. The second kappa shape index (κ2) is 27.2. The molecule has 0 aromatic heterocycles. The molecule has 537 valence electrons. The quantitative estimate of drug-likeness (QED) is 0.0979.